The number of benzene rings is 2. The number of hydrogen-bond acceptors (Lipinski definition) is 4. The predicted octanol–water partition coefficient (Wildman–Crippen LogP) is 3.33. The average molecular weight is 383 g/mol. The summed E-state index contributed by atoms with van der Waals surface area (Å²) in [4.78, 5) is 26.4. The van der Waals surface area contributed by atoms with Gasteiger partial charge in [-0.2, -0.15) is 0 Å². The Morgan fingerprint density at radius 3 is 2.64 bits per heavy atom. The molecule has 0 aromatic heterocycles. The van der Waals surface area contributed by atoms with Crippen molar-refractivity contribution in [2.24, 2.45) is 0 Å². The van der Waals surface area contributed by atoms with Crippen molar-refractivity contribution in [1.29, 1.82) is 0 Å². The highest BCUT2D eigenvalue weighted by Crippen LogP contribution is 2.26. The predicted molar refractivity (Wildman–Crippen MR) is 108 cm³/mol. The van der Waals surface area contributed by atoms with E-state index in [0.29, 0.717) is 24.6 Å². The molecule has 3 rings (SSSR count). The van der Waals surface area contributed by atoms with Crippen molar-refractivity contribution in [3.05, 3.63) is 48.0 Å². The molecule has 1 saturated heterocycles. The Morgan fingerprint density at radius 1 is 1.21 bits per heavy atom. The lowest BCUT2D eigenvalue weighted by Crippen LogP contribution is -2.39. The summed E-state index contributed by atoms with van der Waals surface area (Å²) in [6.07, 6.45) is 0.256. The summed E-state index contributed by atoms with van der Waals surface area (Å²) in [5.41, 5.74) is 2.39. The number of amides is 3. The van der Waals surface area contributed by atoms with Crippen LogP contribution in [0.15, 0.2) is 42.5 Å². The van der Waals surface area contributed by atoms with Crippen LogP contribution in [0.2, 0.25) is 0 Å². The van der Waals surface area contributed by atoms with E-state index in [0.717, 1.165) is 17.0 Å². The number of carbonyl (C=O) groups is 2. The van der Waals surface area contributed by atoms with Crippen LogP contribution in [0.25, 0.3) is 0 Å². The highest BCUT2D eigenvalue weighted by molar-refractivity contribution is 5.98. The van der Waals surface area contributed by atoms with Gasteiger partial charge in [0.15, 0.2) is 0 Å². The van der Waals surface area contributed by atoms with Crippen molar-refractivity contribution in [3.8, 4) is 11.5 Å². The smallest absolute Gasteiger partial charge is 0.319 e. The number of rotatable bonds is 6. The van der Waals surface area contributed by atoms with Crippen molar-refractivity contribution >= 4 is 23.3 Å². The maximum Gasteiger partial charge on any atom is 0.319 e. The summed E-state index contributed by atoms with van der Waals surface area (Å²) in [5.74, 6) is 1.32. The minimum atomic E-state index is -0.366. The molecule has 0 bridgehead atoms. The lowest BCUT2D eigenvalue weighted by atomic mass is 10.2. The summed E-state index contributed by atoms with van der Waals surface area (Å²) in [7, 11) is 1.55. The molecule has 1 aliphatic rings. The van der Waals surface area contributed by atoms with Crippen LogP contribution in [0.4, 0.5) is 16.2 Å². The molecule has 0 radical (unpaired) electrons. The van der Waals surface area contributed by atoms with E-state index >= 15 is 0 Å². The molecule has 2 N–H and O–H groups in total. The monoisotopic (exact) mass is 383 g/mol. The average Bonchev–Trinajstić information content (AvgIpc) is 3.02. The van der Waals surface area contributed by atoms with Gasteiger partial charge in [0.2, 0.25) is 5.91 Å². The summed E-state index contributed by atoms with van der Waals surface area (Å²) in [5, 5.41) is 5.67. The van der Waals surface area contributed by atoms with Gasteiger partial charge in [-0.1, -0.05) is 6.07 Å². The zero-order chi connectivity index (χ0) is 20.1. The number of nitrogens with zero attached hydrogens (tertiary/aromatic N) is 1. The fourth-order valence-corrected chi connectivity index (χ4v) is 3.21. The Kier molecular flexibility index (Phi) is 6.03. The van der Waals surface area contributed by atoms with Crippen LogP contribution in [0.1, 0.15) is 18.9 Å². The number of aryl methyl sites for hydroxylation is 1. The molecule has 0 unspecified atom stereocenters. The van der Waals surface area contributed by atoms with Gasteiger partial charge < -0.3 is 25.0 Å². The van der Waals surface area contributed by atoms with Gasteiger partial charge >= 0.3 is 6.03 Å². The van der Waals surface area contributed by atoms with Crippen LogP contribution in [0.3, 0.4) is 0 Å². The van der Waals surface area contributed by atoms with E-state index in [1.54, 1.807) is 18.1 Å². The highest BCUT2D eigenvalue weighted by Gasteiger charge is 2.31. The second-order valence-corrected chi connectivity index (χ2v) is 6.63. The summed E-state index contributed by atoms with van der Waals surface area (Å²) in [6, 6.07) is 12.3. The third-order valence-corrected chi connectivity index (χ3v) is 4.52. The molecule has 7 heteroatoms. The van der Waals surface area contributed by atoms with Gasteiger partial charge in [0.05, 0.1) is 25.4 Å². The molecule has 3 amide bonds. The van der Waals surface area contributed by atoms with E-state index in [2.05, 4.69) is 10.6 Å². The van der Waals surface area contributed by atoms with Crippen LogP contribution in [0, 0.1) is 6.92 Å². The number of methoxy groups -OCH3 is 1. The fourth-order valence-electron chi connectivity index (χ4n) is 3.21. The first-order chi connectivity index (χ1) is 13.5. The minimum Gasteiger partial charge on any atom is -0.495 e. The second kappa shape index (κ2) is 8.65. The van der Waals surface area contributed by atoms with Crippen LogP contribution in [0.5, 0.6) is 11.5 Å². The Balaban J connectivity index is 1.61. The number of urea groups is 1. The number of anilines is 2. The molecule has 1 heterocycles. The summed E-state index contributed by atoms with van der Waals surface area (Å²) in [6.45, 7) is 4.87. The third kappa shape index (κ3) is 4.54. The Hall–Kier alpha value is -3.22. The van der Waals surface area contributed by atoms with Gasteiger partial charge in [0, 0.05) is 18.7 Å². The van der Waals surface area contributed by atoms with Crippen molar-refractivity contribution in [3.63, 3.8) is 0 Å². The van der Waals surface area contributed by atoms with Gasteiger partial charge in [-0.15, -0.1) is 0 Å². The maximum absolute atomic E-state index is 12.4. The molecule has 0 aliphatic carbocycles. The van der Waals surface area contributed by atoms with E-state index in [4.69, 9.17) is 9.47 Å². The number of ether oxygens (including phenoxy) is 2. The van der Waals surface area contributed by atoms with E-state index in [1.165, 1.54) is 0 Å². The molecule has 148 valence electrons. The topological polar surface area (TPSA) is 79.9 Å². The molecule has 0 saturated carbocycles. The zero-order valence-electron chi connectivity index (χ0n) is 16.3. The van der Waals surface area contributed by atoms with Crippen LogP contribution >= 0.6 is 0 Å². The standard InChI is InChI=1S/C21H25N3O4/c1-4-28-17-8-6-16(7-9-17)24-13-15(12-20(24)25)22-21(26)23-18-11-14(2)5-10-19(18)27-3/h5-11,15H,4,12-13H2,1-3H3,(H2,22,23,26)/t15-/m1/s1. The zero-order valence-corrected chi connectivity index (χ0v) is 16.3. The highest BCUT2D eigenvalue weighted by atomic mass is 16.5. The van der Waals surface area contributed by atoms with Crippen LogP contribution in [-0.4, -0.2) is 38.2 Å². The fraction of sp³-hybridized carbons (Fsp3) is 0.333. The van der Waals surface area contributed by atoms with E-state index in [-0.39, 0.29) is 24.4 Å². The van der Waals surface area contributed by atoms with Gasteiger partial charge in [-0.25, -0.2) is 4.79 Å². The molecule has 2 aromatic rings. The van der Waals surface area contributed by atoms with E-state index in [1.807, 2.05) is 50.2 Å². The summed E-state index contributed by atoms with van der Waals surface area (Å²) >= 11 is 0. The molecular formula is C21H25N3O4. The lowest BCUT2D eigenvalue weighted by Gasteiger charge is -2.18. The van der Waals surface area contributed by atoms with Crippen molar-refractivity contribution in [2.45, 2.75) is 26.3 Å². The number of hydrogen-bond donors (Lipinski definition) is 2. The maximum atomic E-state index is 12.4. The SMILES string of the molecule is CCOc1ccc(N2C[C@H](NC(=O)Nc3cc(C)ccc3OC)CC2=O)cc1. The minimum absolute atomic E-state index is 0.0254. The van der Waals surface area contributed by atoms with Crippen molar-refractivity contribution in [2.75, 3.05) is 30.5 Å². The van der Waals surface area contributed by atoms with Crippen molar-refractivity contribution in [1.82, 2.24) is 5.32 Å². The third-order valence-electron chi connectivity index (χ3n) is 4.52. The second-order valence-electron chi connectivity index (χ2n) is 6.63. The summed E-state index contributed by atoms with van der Waals surface area (Å²) < 4.78 is 10.7. The number of nitrogens with one attached hydrogen (secondary N) is 2. The first-order valence-corrected chi connectivity index (χ1v) is 9.25. The quantitative estimate of drug-likeness (QED) is 0.802. The van der Waals surface area contributed by atoms with E-state index < -0.39 is 0 Å². The molecular weight excluding hydrogens is 358 g/mol. The largest absolute Gasteiger partial charge is 0.495 e. The van der Waals surface area contributed by atoms with Crippen LogP contribution in [-0.2, 0) is 4.79 Å². The van der Waals surface area contributed by atoms with Gasteiger partial charge in [-0.05, 0) is 55.8 Å². The van der Waals surface area contributed by atoms with Gasteiger partial charge in [0.1, 0.15) is 11.5 Å². The molecule has 2 aromatic carbocycles. The lowest BCUT2D eigenvalue weighted by molar-refractivity contribution is -0.117. The Labute approximate surface area is 164 Å². The van der Waals surface area contributed by atoms with Gasteiger partial charge in [0.25, 0.3) is 0 Å². The Bertz CT molecular complexity index is 851. The van der Waals surface area contributed by atoms with Crippen molar-refractivity contribution < 1.29 is 19.1 Å². The molecule has 1 atom stereocenters. The molecule has 1 aliphatic heterocycles. The molecule has 1 fully saturated rings. The van der Waals surface area contributed by atoms with Gasteiger partial charge in [-0.3, -0.25) is 4.79 Å². The first kappa shape index (κ1) is 19.5. The van der Waals surface area contributed by atoms with E-state index in [9.17, 15) is 9.59 Å². The molecule has 28 heavy (non-hydrogen) atoms. The van der Waals surface area contributed by atoms with Crippen LogP contribution < -0.4 is 25.0 Å². The Morgan fingerprint density at radius 2 is 1.96 bits per heavy atom. The molecule has 0 spiro atoms. The molecule has 7 nitrogen and oxygen atoms in total. The number of carbonyl (C=O) groups excluding carboxylic acids is 2. The normalized spacial score (nSPS) is 16.0. The first-order valence-electron chi connectivity index (χ1n) is 9.25.